The Labute approximate surface area is 188 Å². The summed E-state index contributed by atoms with van der Waals surface area (Å²) in [5, 5.41) is 0. The van der Waals surface area contributed by atoms with Crippen molar-refractivity contribution in [1.29, 1.82) is 0 Å². The Morgan fingerprint density at radius 1 is 1.12 bits per heavy atom. The predicted molar refractivity (Wildman–Crippen MR) is 125 cm³/mol. The minimum Gasteiger partial charge on any atom is -0.492 e. The molecule has 0 fully saturated rings. The number of amides is 1. The van der Waals surface area contributed by atoms with Crippen LogP contribution in [0.4, 0.5) is 0 Å². The number of para-hydroxylation sites is 2. The molecule has 0 aliphatic rings. The van der Waals surface area contributed by atoms with Gasteiger partial charge in [-0.2, -0.15) is 0 Å². The number of hydrogen-bond donors (Lipinski definition) is 0. The molecule has 0 saturated carbocycles. The Morgan fingerprint density at radius 3 is 2.62 bits per heavy atom. The first-order chi connectivity index (χ1) is 15.6. The molecule has 2 aromatic carbocycles. The molecule has 0 aliphatic heterocycles. The molecule has 1 amide bonds. The van der Waals surface area contributed by atoms with Gasteiger partial charge in [-0.05, 0) is 54.3 Å². The molecular weight excluding hydrogens is 402 g/mol. The minimum atomic E-state index is -0.175. The Balaban J connectivity index is 1.47. The van der Waals surface area contributed by atoms with Crippen molar-refractivity contribution in [2.75, 3.05) is 13.7 Å². The maximum Gasteiger partial charge on any atom is 0.289 e. The second-order valence-corrected chi connectivity index (χ2v) is 8.03. The highest BCUT2D eigenvalue weighted by Crippen LogP contribution is 2.22. The summed E-state index contributed by atoms with van der Waals surface area (Å²) in [6, 6.07) is 19.7. The maximum absolute atomic E-state index is 12.6. The first-order valence-electron chi connectivity index (χ1n) is 11.0. The van der Waals surface area contributed by atoms with Crippen LogP contribution >= 0.6 is 0 Å². The van der Waals surface area contributed by atoms with Crippen LogP contribution < -0.4 is 4.74 Å². The Morgan fingerprint density at radius 2 is 1.91 bits per heavy atom. The lowest BCUT2D eigenvalue weighted by Crippen LogP contribution is -2.27. The monoisotopic (exact) mass is 431 g/mol. The predicted octanol–water partition coefficient (Wildman–Crippen LogP) is 5.49. The van der Waals surface area contributed by atoms with Gasteiger partial charge in [0.25, 0.3) is 5.91 Å². The van der Waals surface area contributed by atoms with E-state index in [-0.39, 0.29) is 5.91 Å². The number of hydrogen-bond acceptors (Lipinski definition) is 4. The van der Waals surface area contributed by atoms with Gasteiger partial charge in [0.1, 0.15) is 18.2 Å². The summed E-state index contributed by atoms with van der Waals surface area (Å²) >= 11 is 0. The SMILES string of the molecule is CCC(C)c1ccc(OCCn2c(CN(C)C(=O)c3ccco3)nc3ccccc32)cc1. The van der Waals surface area contributed by atoms with Crippen LogP contribution in [0, 0.1) is 0 Å². The standard InChI is InChI=1S/C26H29N3O3/c1-4-19(2)20-11-13-21(14-12-20)31-17-15-29-23-9-6-5-8-22(23)27-25(29)18-28(3)26(30)24-10-7-16-32-24/h5-14,16,19H,4,15,17-18H2,1-3H3. The van der Waals surface area contributed by atoms with Crippen molar-refractivity contribution in [3.05, 3.63) is 84.1 Å². The fourth-order valence-electron chi connectivity index (χ4n) is 3.75. The molecule has 4 rings (SSSR count). The summed E-state index contributed by atoms with van der Waals surface area (Å²) in [6.07, 6.45) is 2.62. The molecule has 0 spiro atoms. The van der Waals surface area contributed by atoms with E-state index in [4.69, 9.17) is 14.1 Å². The van der Waals surface area contributed by atoms with Crippen molar-refractivity contribution in [1.82, 2.24) is 14.5 Å². The fourth-order valence-corrected chi connectivity index (χ4v) is 3.75. The average molecular weight is 432 g/mol. The van der Waals surface area contributed by atoms with Crippen LogP contribution in [0.3, 0.4) is 0 Å². The Hall–Kier alpha value is -3.54. The van der Waals surface area contributed by atoms with Gasteiger partial charge in [-0.3, -0.25) is 4.79 Å². The van der Waals surface area contributed by atoms with Crippen LogP contribution in [0.15, 0.2) is 71.3 Å². The van der Waals surface area contributed by atoms with Crippen molar-refractivity contribution in [2.24, 2.45) is 0 Å². The molecule has 2 heterocycles. The van der Waals surface area contributed by atoms with Crippen molar-refractivity contribution in [3.63, 3.8) is 0 Å². The summed E-state index contributed by atoms with van der Waals surface area (Å²) < 4.78 is 13.4. The highest BCUT2D eigenvalue weighted by molar-refractivity contribution is 5.91. The maximum atomic E-state index is 12.6. The van der Waals surface area contributed by atoms with Gasteiger partial charge in [-0.1, -0.05) is 38.1 Å². The zero-order chi connectivity index (χ0) is 22.5. The summed E-state index contributed by atoms with van der Waals surface area (Å²) in [5.41, 5.74) is 3.25. The third-order valence-electron chi connectivity index (χ3n) is 5.84. The number of ether oxygens (including phenoxy) is 1. The highest BCUT2D eigenvalue weighted by Gasteiger charge is 2.18. The number of nitrogens with zero attached hydrogens (tertiary/aromatic N) is 3. The van der Waals surface area contributed by atoms with E-state index in [1.165, 1.54) is 11.8 Å². The highest BCUT2D eigenvalue weighted by atomic mass is 16.5. The average Bonchev–Trinajstić information content (AvgIpc) is 3.47. The zero-order valence-corrected chi connectivity index (χ0v) is 18.8. The summed E-state index contributed by atoms with van der Waals surface area (Å²) in [6.45, 7) is 5.94. The van der Waals surface area contributed by atoms with E-state index in [2.05, 4.69) is 30.5 Å². The molecular formula is C26H29N3O3. The lowest BCUT2D eigenvalue weighted by molar-refractivity contribution is 0.0748. The van der Waals surface area contributed by atoms with Crippen LogP contribution in [0.2, 0.25) is 0 Å². The lowest BCUT2D eigenvalue weighted by Gasteiger charge is -2.17. The van der Waals surface area contributed by atoms with Gasteiger partial charge in [0.2, 0.25) is 0 Å². The Kier molecular flexibility index (Phi) is 6.59. The number of carbonyl (C=O) groups is 1. The van der Waals surface area contributed by atoms with Crippen molar-refractivity contribution in [2.45, 2.75) is 39.3 Å². The number of rotatable bonds is 9. The molecule has 6 heteroatoms. The van der Waals surface area contributed by atoms with Gasteiger partial charge in [-0.25, -0.2) is 4.98 Å². The van der Waals surface area contributed by atoms with E-state index in [0.29, 0.717) is 31.4 Å². The second kappa shape index (κ2) is 9.73. The van der Waals surface area contributed by atoms with Crippen molar-refractivity contribution >= 4 is 16.9 Å². The minimum absolute atomic E-state index is 0.175. The molecule has 4 aromatic rings. The molecule has 32 heavy (non-hydrogen) atoms. The number of benzene rings is 2. The van der Waals surface area contributed by atoms with Crippen molar-refractivity contribution < 1.29 is 13.9 Å². The molecule has 0 aliphatic carbocycles. The van der Waals surface area contributed by atoms with Crippen LogP contribution in [0.25, 0.3) is 11.0 Å². The molecule has 0 radical (unpaired) electrons. The summed E-state index contributed by atoms with van der Waals surface area (Å²) in [7, 11) is 1.75. The number of carbonyl (C=O) groups excluding carboxylic acids is 1. The van der Waals surface area contributed by atoms with Gasteiger partial charge in [0, 0.05) is 7.05 Å². The molecule has 166 valence electrons. The van der Waals surface area contributed by atoms with E-state index in [0.717, 1.165) is 29.0 Å². The topological polar surface area (TPSA) is 60.5 Å². The fraction of sp³-hybridized carbons (Fsp3) is 0.308. The lowest BCUT2D eigenvalue weighted by atomic mass is 9.99. The molecule has 1 atom stereocenters. The van der Waals surface area contributed by atoms with E-state index >= 15 is 0 Å². The van der Waals surface area contributed by atoms with Crippen molar-refractivity contribution in [3.8, 4) is 5.75 Å². The quantitative estimate of drug-likeness (QED) is 0.351. The second-order valence-electron chi connectivity index (χ2n) is 8.03. The van der Waals surface area contributed by atoms with Gasteiger partial charge < -0.3 is 18.6 Å². The molecule has 1 unspecified atom stereocenters. The van der Waals surface area contributed by atoms with Gasteiger partial charge in [0.05, 0.1) is 30.4 Å². The number of furan rings is 1. The molecule has 6 nitrogen and oxygen atoms in total. The zero-order valence-electron chi connectivity index (χ0n) is 18.8. The van der Waals surface area contributed by atoms with Gasteiger partial charge in [0.15, 0.2) is 5.76 Å². The van der Waals surface area contributed by atoms with Gasteiger partial charge in [-0.15, -0.1) is 0 Å². The summed E-state index contributed by atoms with van der Waals surface area (Å²) in [5.74, 6) is 2.35. The van der Waals surface area contributed by atoms with Crippen LogP contribution in [0.5, 0.6) is 5.75 Å². The van der Waals surface area contributed by atoms with E-state index in [1.807, 2.05) is 36.4 Å². The molecule has 0 bridgehead atoms. The number of fused-ring (bicyclic) bond motifs is 1. The van der Waals surface area contributed by atoms with Crippen LogP contribution in [0.1, 0.15) is 48.1 Å². The van der Waals surface area contributed by atoms with Crippen LogP contribution in [-0.4, -0.2) is 34.0 Å². The molecule has 0 N–H and O–H groups in total. The number of imidazole rings is 1. The number of aromatic nitrogens is 2. The first kappa shape index (κ1) is 21.7. The summed E-state index contributed by atoms with van der Waals surface area (Å²) in [4.78, 5) is 19.0. The third-order valence-corrected chi connectivity index (χ3v) is 5.84. The Bertz CT molecular complexity index is 1160. The largest absolute Gasteiger partial charge is 0.492 e. The van der Waals surface area contributed by atoms with E-state index < -0.39 is 0 Å². The normalized spacial score (nSPS) is 12.1. The third kappa shape index (κ3) is 4.69. The smallest absolute Gasteiger partial charge is 0.289 e. The molecule has 2 aromatic heterocycles. The van der Waals surface area contributed by atoms with Crippen LogP contribution in [-0.2, 0) is 13.1 Å². The molecule has 0 saturated heterocycles. The van der Waals surface area contributed by atoms with E-state index in [9.17, 15) is 4.79 Å². The first-order valence-corrected chi connectivity index (χ1v) is 11.0. The van der Waals surface area contributed by atoms with E-state index in [1.54, 1.807) is 24.1 Å². The van der Waals surface area contributed by atoms with Gasteiger partial charge >= 0.3 is 0 Å².